The van der Waals surface area contributed by atoms with Crippen molar-refractivity contribution in [2.24, 2.45) is 0 Å². The van der Waals surface area contributed by atoms with Crippen molar-refractivity contribution in [3.8, 4) is 0 Å². The van der Waals surface area contributed by atoms with E-state index in [1.54, 1.807) is 11.3 Å². The Morgan fingerprint density at radius 1 is 1.40 bits per heavy atom. The first-order valence-corrected chi connectivity index (χ1v) is 7.59. The smallest absolute Gasteiger partial charge is 0.293 e. The third kappa shape index (κ3) is 3.23. The van der Waals surface area contributed by atoms with Crippen molar-refractivity contribution in [3.05, 3.63) is 54.7 Å². The summed E-state index contributed by atoms with van der Waals surface area (Å²) in [6.45, 7) is 2.01. The fourth-order valence-corrected chi connectivity index (χ4v) is 3.04. The van der Waals surface area contributed by atoms with Gasteiger partial charge in [-0.3, -0.25) is 10.1 Å². The Hall–Kier alpha value is -1.30. The van der Waals surface area contributed by atoms with Gasteiger partial charge in [-0.1, -0.05) is 36.2 Å². The van der Waals surface area contributed by atoms with Gasteiger partial charge in [-0.15, -0.1) is 11.3 Å². The third-order valence-corrected chi connectivity index (χ3v) is 4.57. The summed E-state index contributed by atoms with van der Waals surface area (Å²) in [7, 11) is 0. The van der Waals surface area contributed by atoms with Gasteiger partial charge in [-0.2, -0.15) is 0 Å². The van der Waals surface area contributed by atoms with Crippen LogP contribution in [-0.4, -0.2) is 4.92 Å². The quantitative estimate of drug-likeness (QED) is 0.579. The second-order valence-corrected chi connectivity index (χ2v) is 5.95. The average Bonchev–Trinajstić information content (AvgIpc) is 2.93. The number of nitro groups is 1. The lowest BCUT2D eigenvalue weighted by Gasteiger charge is -2.17. The van der Waals surface area contributed by atoms with Gasteiger partial charge in [0.1, 0.15) is 5.69 Å². The second-order valence-electron chi connectivity index (χ2n) is 4.16. The first kappa shape index (κ1) is 15.1. The zero-order chi connectivity index (χ0) is 14.7. The van der Waals surface area contributed by atoms with Crippen molar-refractivity contribution in [2.45, 2.75) is 19.4 Å². The number of benzene rings is 1. The number of nitrogens with zero attached hydrogens (tertiary/aromatic N) is 1. The molecule has 2 aromatic rings. The summed E-state index contributed by atoms with van der Waals surface area (Å²) in [4.78, 5) is 11.8. The molecule has 0 saturated heterocycles. The third-order valence-electron chi connectivity index (χ3n) is 2.86. The van der Waals surface area contributed by atoms with Crippen LogP contribution < -0.4 is 5.32 Å². The molecule has 0 aliphatic rings. The maximum atomic E-state index is 11.1. The molecule has 0 radical (unpaired) electrons. The van der Waals surface area contributed by atoms with Crippen LogP contribution in [-0.2, 0) is 0 Å². The van der Waals surface area contributed by atoms with Gasteiger partial charge in [0, 0.05) is 10.9 Å². The molecule has 20 heavy (non-hydrogen) atoms. The molecule has 2 rings (SSSR count). The van der Waals surface area contributed by atoms with Gasteiger partial charge in [0.2, 0.25) is 0 Å². The van der Waals surface area contributed by atoms with Crippen LogP contribution in [0.3, 0.4) is 0 Å². The Balaban J connectivity index is 2.37. The fraction of sp³-hybridized carbons (Fsp3) is 0.231. The zero-order valence-electron chi connectivity index (χ0n) is 10.6. The molecule has 106 valence electrons. The van der Waals surface area contributed by atoms with Crippen LogP contribution >= 0.6 is 34.5 Å². The van der Waals surface area contributed by atoms with E-state index in [2.05, 4.69) is 5.32 Å². The highest BCUT2D eigenvalue weighted by Crippen LogP contribution is 2.36. The van der Waals surface area contributed by atoms with Gasteiger partial charge in [-0.25, -0.2) is 0 Å². The number of rotatable bonds is 5. The van der Waals surface area contributed by atoms with Crippen molar-refractivity contribution in [3.63, 3.8) is 0 Å². The molecule has 1 aromatic heterocycles. The molecule has 1 N–H and O–H groups in total. The summed E-state index contributed by atoms with van der Waals surface area (Å²) >= 11 is 13.4. The minimum atomic E-state index is -0.467. The first-order valence-electron chi connectivity index (χ1n) is 5.96. The molecule has 0 fully saturated rings. The van der Waals surface area contributed by atoms with Gasteiger partial charge in [0.25, 0.3) is 5.69 Å². The summed E-state index contributed by atoms with van der Waals surface area (Å²) < 4.78 is 0. The number of nitro benzene ring substituents is 1. The maximum Gasteiger partial charge on any atom is 0.293 e. The molecular weight excluding hydrogens is 319 g/mol. The van der Waals surface area contributed by atoms with Crippen LogP contribution in [0.1, 0.15) is 24.3 Å². The van der Waals surface area contributed by atoms with E-state index in [1.165, 1.54) is 12.1 Å². The number of anilines is 1. The van der Waals surface area contributed by atoms with Crippen LogP contribution in [0.2, 0.25) is 10.0 Å². The van der Waals surface area contributed by atoms with E-state index in [-0.39, 0.29) is 16.8 Å². The molecule has 1 atom stereocenters. The van der Waals surface area contributed by atoms with Crippen LogP contribution in [0, 0.1) is 10.1 Å². The van der Waals surface area contributed by atoms with Crippen LogP contribution in [0.15, 0.2) is 29.6 Å². The van der Waals surface area contributed by atoms with Crippen LogP contribution in [0.5, 0.6) is 0 Å². The molecule has 1 aromatic carbocycles. The lowest BCUT2D eigenvalue weighted by atomic mass is 10.1. The van der Waals surface area contributed by atoms with Gasteiger partial charge in [0.15, 0.2) is 0 Å². The van der Waals surface area contributed by atoms with Crippen molar-refractivity contribution in [1.82, 2.24) is 0 Å². The second kappa shape index (κ2) is 6.43. The van der Waals surface area contributed by atoms with E-state index in [9.17, 15) is 10.1 Å². The number of hydrogen-bond acceptors (Lipinski definition) is 4. The SMILES string of the molecule is CCC(Nc1cc(Cl)c(Cl)cc1[N+](=O)[O-])c1cccs1. The van der Waals surface area contributed by atoms with E-state index in [0.717, 1.165) is 11.3 Å². The molecular formula is C13H12Cl2N2O2S. The minimum Gasteiger partial charge on any atom is -0.372 e. The molecule has 0 aliphatic carbocycles. The average molecular weight is 331 g/mol. The van der Waals surface area contributed by atoms with E-state index in [4.69, 9.17) is 23.2 Å². The zero-order valence-corrected chi connectivity index (χ0v) is 12.9. The predicted molar refractivity (Wildman–Crippen MR) is 84.1 cm³/mol. The van der Waals surface area contributed by atoms with E-state index in [0.29, 0.717) is 10.7 Å². The Labute approximate surface area is 130 Å². The highest BCUT2D eigenvalue weighted by atomic mass is 35.5. The van der Waals surface area contributed by atoms with Gasteiger partial charge >= 0.3 is 0 Å². The molecule has 0 amide bonds. The summed E-state index contributed by atoms with van der Waals surface area (Å²) in [6.07, 6.45) is 0.803. The Bertz CT molecular complexity index is 617. The Morgan fingerprint density at radius 3 is 2.65 bits per heavy atom. The van der Waals surface area contributed by atoms with Crippen molar-refractivity contribution >= 4 is 45.9 Å². The van der Waals surface area contributed by atoms with Gasteiger partial charge in [-0.05, 0) is 23.9 Å². The molecule has 0 spiro atoms. The highest BCUT2D eigenvalue weighted by Gasteiger charge is 2.20. The lowest BCUT2D eigenvalue weighted by Crippen LogP contribution is -2.09. The molecule has 0 aliphatic heterocycles. The molecule has 0 saturated carbocycles. The van der Waals surface area contributed by atoms with Gasteiger partial charge < -0.3 is 5.32 Å². The maximum absolute atomic E-state index is 11.1. The number of hydrogen-bond donors (Lipinski definition) is 1. The number of nitrogens with one attached hydrogen (secondary N) is 1. The monoisotopic (exact) mass is 330 g/mol. The molecule has 1 unspecified atom stereocenters. The van der Waals surface area contributed by atoms with Crippen LogP contribution in [0.25, 0.3) is 0 Å². The first-order chi connectivity index (χ1) is 9.52. The van der Waals surface area contributed by atoms with E-state index in [1.807, 2.05) is 24.4 Å². The topological polar surface area (TPSA) is 55.2 Å². The molecule has 1 heterocycles. The number of halogens is 2. The Morgan fingerprint density at radius 2 is 2.10 bits per heavy atom. The van der Waals surface area contributed by atoms with Crippen molar-refractivity contribution in [2.75, 3.05) is 5.32 Å². The van der Waals surface area contributed by atoms with E-state index < -0.39 is 4.92 Å². The van der Waals surface area contributed by atoms with Crippen molar-refractivity contribution in [1.29, 1.82) is 0 Å². The fourth-order valence-electron chi connectivity index (χ4n) is 1.85. The predicted octanol–water partition coefficient (Wildman–Crippen LogP) is 5.53. The van der Waals surface area contributed by atoms with Crippen molar-refractivity contribution < 1.29 is 4.92 Å². The molecule has 0 bridgehead atoms. The molecule has 7 heteroatoms. The summed E-state index contributed by atoms with van der Waals surface area (Å²) in [5, 5.41) is 16.7. The summed E-state index contributed by atoms with van der Waals surface area (Å²) in [6, 6.07) is 6.72. The largest absolute Gasteiger partial charge is 0.372 e. The normalized spacial score (nSPS) is 12.2. The highest BCUT2D eigenvalue weighted by molar-refractivity contribution is 7.10. The standard InChI is InChI=1S/C13H12Cl2N2O2S/c1-2-10(13-4-3-5-20-13)16-11-6-8(14)9(15)7-12(11)17(18)19/h3-7,10,16H,2H2,1H3. The summed E-state index contributed by atoms with van der Waals surface area (Å²) in [5.74, 6) is 0. The summed E-state index contributed by atoms with van der Waals surface area (Å²) in [5.41, 5.74) is 0.305. The molecule has 4 nitrogen and oxygen atoms in total. The lowest BCUT2D eigenvalue weighted by molar-refractivity contribution is -0.384. The van der Waals surface area contributed by atoms with Gasteiger partial charge in [0.05, 0.1) is 21.0 Å². The van der Waals surface area contributed by atoms with E-state index >= 15 is 0 Å². The Kier molecular flexibility index (Phi) is 4.86. The number of thiophene rings is 1. The minimum absolute atomic E-state index is 0.00550. The van der Waals surface area contributed by atoms with Crippen LogP contribution in [0.4, 0.5) is 11.4 Å².